The maximum atomic E-state index is 8.99. The SMILES string of the molecule is [2H]C([2H])(c1cccc(C([2H])([2H])C(C)C)c1-c1cnc2c3ccccc3c3ccccc3n12)C(C)C. The number of aromatic nitrogens is 2. The van der Waals surface area contributed by atoms with Crippen molar-refractivity contribution in [3.05, 3.63) is 84.1 Å². The number of hydrogen-bond donors (Lipinski definition) is 0. The second-order valence-electron chi connectivity index (χ2n) is 8.69. The molecular formula is C29H30N2. The van der Waals surface area contributed by atoms with E-state index in [1.807, 2.05) is 52.0 Å². The quantitative estimate of drug-likeness (QED) is 0.271. The van der Waals surface area contributed by atoms with Gasteiger partial charge in [-0.05, 0) is 47.2 Å². The van der Waals surface area contributed by atoms with Crippen LogP contribution in [0.15, 0.2) is 72.9 Å². The van der Waals surface area contributed by atoms with E-state index in [2.05, 4.69) is 28.7 Å². The monoisotopic (exact) mass is 410 g/mol. The van der Waals surface area contributed by atoms with Gasteiger partial charge in [0.05, 0.1) is 17.4 Å². The largest absolute Gasteiger partial charge is 0.292 e. The van der Waals surface area contributed by atoms with Crippen molar-refractivity contribution in [2.24, 2.45) is 11.8 Å². The molecule has 3 aromatic carbocycles. The first kappa shape index (κ1) is 15.6. The smallest absolute Gasteiger partial charge is 0.145 e. The molecule has 0 spiro atoms. The van der Waals surface area contributed by atoms with E-state index in [9.17, 15) is 0 Å². The van der Waals surface area contributed by atoms with Crippen LogP contribution in [0.1, 0.15) is 44.3 Å². The molecule has 2 nitrogen and oxygen atoms in total. The fraction of sp³-hybridized carbons (Fsp3) is 0.276. The van der Waals surface area contributed by atoms with Crippen molar-refractivity contribution in [1.29, 1.82) is 0 Å². The van der Waals surface area contributed by atoms with Gasteiger partial charge in [0.2, 0.25) is 0 Å². The van der Waals surface area contributed by atoms with Crippen LogP contribution in [-0.4, -0.2) is 9.38 Å². The molecule has 0 atom stereocenters. The van der Waals surface area contributed by atoms with Gasteiger partial charge < -0.3 is 0 Å². The molecule has 0 aliphatic rings. The Kier molecular flexibility index (Phi) is 3.96. The lowest BCUT2D eigenvalue weighted by molar-refractivity contribution is 0.637. The number of nitrogens with zero attached hydrogens (tertiary/aromatic N) is 2. The molecule has 31 heavy (non-hydrogen) atoms. The minimum atomic E-state index is -1.66. The standard InChI is InChI=1S/C29H30N2/c1-19(2)16-21-10-9-11-22(17-20(3)4)28(21)27-18-30-29-25-14-6-5-12-23(25)24-13-7-8-15-26(24)31(27)29/h5-15,18-20H,16-17H2,1-4H3/i16D2,17D2. The first-order chi connectivity index (χ1) is 16.6. The van der Waals surface area contributed by atoms with Crippen molar-refractivity contribution in [1.82, 2.24) is 9.38 Å². The summed E-state index contributed by atoms with van der Waals surface area (Å²) in [6.45, 7) is 7.46. The fourth-order valence-electron chi connectivity index (χ4n) is 4.46. The molecule has 0 unspecified atom stereocenters. The van der Waals surface area contributed by atoms with Crippen LogP contribution in [0.2, 0.25) is 0 Å². The molecule has 5 rings (SSSR count). The zero-order chi connectivity index (χ0) is 25.1. The second-order valence-corrected chi connectivity index (χ2v) is 8.69. The Morgan fingerprint density at radius 1 is 0.742 bits per heavy atom. The molecular weight excluding hydrogens is 376 g/mol. The first-order valence-corrected chi connectivity index (χ1v) is 11.0. The summed E-state index contributed by atoms with van der Waals surface area (Å²) < 4.78 is 38.0. The van der Waals surface area contributed by atoms with Gasteiger partial charge in [-0.15, -0.1) is 0 Å². The normalized spacial score (nSPS) is 14.9. The maximum absolute atomic E-state index is 8.99. The van der Waals surface area contributed by atoms with E-state index in [0.29, 0.717) is 22.4 Å². The number of pyridine rings is 1. The summed E-state index contributed by atoms with van der Waals surface area (Å²) >= 11 is 0. The Labute approximate surface area is 190 Å². The highest BCUT2D eigenvalue weighted by Crippen LogP contribution is 2.36. The number of rotatable bonds is 5. The van der Waals surface area contributed by atoms with Gasteiger partial charge in [-0.25, -0.2) is 4.98 Å². The van der Waals surface area contributed by atoms with Gasteiger partial charge in [0.25, 0.3) is 0 Å². The highest BCUT2D eigenvalue weighted by atomic mass is 15.0. The number of imidazole rings is 1. The van der Waals surface area contributed by atoms with Gasteiger partial charge in [-0.2, -0.15) is 0 Å². The summed E-state index contributed by atoms with van der Waals surface area (Å²) in [6.07, 6.45) is -1.53. The van der Waals surface area contributed by atoms with Crippen LogP contribution in [0.25, 0.3) is 38.6 Å². The zero-order valence-electron chi connectivity index (χ0n) is 22.5. The van der Waals surface area contributed by atoms with E-state index in [-0.39, 0.29) is 11.8 Å². The van der Waals surface area contributed by atoms with Crippen LogP contribution in [0.4, 0.5) is 0 Å². The summed E-state index contributed by atoms with van der Waals surface area (Å²) in [7, 11) is 0. The van der Waals surface area contributed by atoms with Crippen LogP contribution >= 0.6 is 0 Å². The van der Waals surface area contributed by atoms with E-state index in [0.717, 1.165) is 27.3 Å². The number of benzene rings is 3. The number of para-hydroxylation sites is 1. The molecule has 156 valence electrons. The third-order valence-electron chi connectivity index (χ3n) is 5.57. The highest BCUT2D eigenvalue weighted by molar-refractivity contribution is 6.12. The fourth-order valence-corrected chi connectivity index (χ4v) is 4.46. The zero-order valence-corrected chi connectivity index (χ0v) is 18.5. The van der Waals surface area contributed by atoms with E-state index >= 15 is 0 Å². The van der Waals surface area contributed by atoms with E-state index in [4.69, 9.17) is 10.5 Å². The lowest BCUT2D eigenvalue weighted by atomic mass is 9.89. The Bertz CT molecular complexity index is 1530. The van der Waals surface area contributed by atoms with Crippen molar-refractivity contribution in [2.45, 2.75) is 40.4 Å². The van der Waals surface area contributed by atoms with E-state index in [1.54, 1.807) is 24.4 Å². The highest BCUT2D eigenvalue weighted by Gasteiger charge is 2.19. The molecule has 5 aromatic rings. The molecule has 2 heterocycles. The molecule has 0 fully saturated rings. The Morgan fingerprint density at radius 3 is 1.97 bits per heavy atom. The van der Waals surface area contributed by atoms with E-state index < -0.39 is 12.7 Å². The van der Waals surface area contributed by atoms with Gasteiger partial charge in [-0.3, -0.25) is 4.40 Å². The van der Waals surface area contributed by atoms with Gasteiger partial charge in [0.15, 0.2) is 0 Å². The van der Waals surface area contributed by atoms with Crippen LogP contribution in [-0.2, 0) is 12.7 Å². The van der Waals surface area contributed by atoms with Crippen molar-refractivity contribution in [3.8, 4) is 11.3 Å². The second kappa shape index (κ2) is 7.85. The predicted molar refractivity (Wildman–Crippen MR) is 133 cm³/mol. The number of fused-ring (bicyclic) bond motifs is 6. The first-order valence-electron chi connectivity index (χ1n) is 13.0. The maximum Gasteiger partial charge on any atom is 0.145 e. The lowest BCUT2D eigenvalue weighted by Crippen LogP contribution is -2.05. The summed E-state index contributed by atoms with van der Waals surface area (Å²) in [5.74, 6) is -0.587. The van der Waals surface area contributed by atoms with Crippen molar-refractivity contribution < 1.29 is 5.48 Å². The molecule has 0 saturated heterocycles. The van der Waals surface area contributed by atoms with Crippen LogP contribution < -0.4 is 0 Å². The number of hydrogen-bond acceptors (Lipinski definition) is 1. The summed E-state index contributed by atoms with van der Waals surface area (Å²) in [5, 5.41) is 3.19. The molecule has 0 N–H and O–H groups in total. The molecule has 2 heteroatoms. The molecule has 0 bridgehead atoms. The summed E-state index contributed by atoms with van der Waals surface area (Å²) in [6, 6.07) is 21.7. The van der Waals surface area contributed by atoms with Gasteiger partial charge >= 0.3 is 0 Å². The Hall–Kier alpha value is -3.13. The van der Waals surface area contributed by atoms with Crippen molar-refractivity contribution in [3.63, 3.8) is 0 Å². The molecule has 0 aliphatic heterocycles. The van der Waals surface area contributed by atoms with Gasteiger partial charge in [0, 0.05) is 21.8 Å². The predicted octanol–water partition coefficient (Wildman–Crippen LogP) is 7.70. The van der Waals surface area contributed by atoms with E-state index in [1.165, 1.54) is 0 Å². The van der Waals surface area contributed by atoms with Crippen molar-refractivity contribution >= 4 is 27.3 Å². The van der Waals surface area contributed by atoms with Crippen LogP contribution in [0.5, 0.6) is 0 Å². The Morgan fingerprint density at radius 2 is 1.32 bits per heavy atom. The minimum Gasteiger partial charge on any atom is -0.292 e. The minimum absolute atomic E-state index is 0.293. The molecule has 0 aliphatic carbocycles. The third-order valence-corrected chi connectivity index (χ3v) is 5.57. The molecule has 2 aromatic heterocycles. The Balaban J connectivity index is 2.00. The molecule has 0 saturated carbocycles. The van der Waals surface area contributed by atoms with Crippen LogP contribution in [0, 0.1) is 11.8 Å². The third kappa shape index (κ3) is 3.40. The topological polar surface area (TPSA) is 17.3 Å². The van der Waals surface area contributed by atoms with Gasteiger partial charge in [-0.1, -0.05) is 88.4 Å². The molecule has 0 amide bonds. The summed E-state index contributed by atoms with van der Waals surface area (Å²) in [4.78, 5) is 4.83. The van der Waals surface area contributed by atoms with Crippen LogP contribution in [0.3, 0.4) is 0 Å². The average molecular weight is 411 g/mol. The summed E-state index contributed by atoms with van der Waals surface area (Å²) in [5.41, 5.74) is 4.04. The van der Waals surface area contributed by atoms with Gasteiger partial charge in [0.1, 0.15) is 5.65 Å². The average Bonchev–Trinajstić information content (AvgIpc) is 3.29. The van der Waals surface area contributed by atoms with Crippen molar-refractivity contribution in [2.75, 3.05) is 0 Å². The lowest BCUT2D eigenvalue weighted by Gasteiger charge is -2.19. The molecule has 0 radical (unpaired) electrons.